The highest BCUT2D eigenvalue weighted by Gasteiger charge is 2.27. The molecule has 7 nitrogen and oxygen atoms in total. The van der Waals surface area contributed by atoms with Crippen LogP contribution in [0.5, 0.6) is 0 Å². The summed E-state index contributed by atoms with van der Waals surface area (Å²) < 4.78 is 28.2. The number of hydrogen-bond donors (Lipinski definition) is 1. The molecule has 1 fully saturated rings. The van der Waals surface area contributed by atoms with E-state index >= 15 is 0 Å². The highest BCUT2D eigenvalue weighted by Crippen LogP contribution is 2.10. The number of rotatable bonds is 6. The summed E-state index contributed by atoms with van der Waals surface area (Å²) in [5.41, 5.74) is 1.97. The van der Waals surface area contributed by atoms with Crippen LogP contribution in [0.2, 0.25) is 0 Å². The molecular weight excluding hydrogens is 364 g/mol. The smallest absolute Gasteiger partial charge is 0.296 e. The van der Waals surface area contributed by atoms with Gasteiger partial charge in [0, 0.05) is 51.2 Å². The number of pyridine rings is 1. The maximum atomic E-state index is 12.4. The van der Waals surface area contributed by atoms with E-state index in [9.17, 15) is 13.2 Å². The first-order valence-electron chi connectivity index (χ1n) is 8.69. The molecule has 0 spiro atoms. The van der Waals surface area contributed by atoms with E-state index in [1.807, 2.05) is 18.2 Å². The lowest BCUT2D eigenvalue weighted by atomic mass is 10.2. The van der Waals surface area contributed by atoms with Crippen LogP contribution in [-0.4, -0.2) is 54.7 Å². The summed E-state index contributed by atoms with van der Waals surface area (Å²) in [5.74, 6) is -0.668. The second-order valence-electron chi connectivity index (χ2n) is 6.25. The van der Waals surface area contributed by atoms with E-state index in [-0.39, 0.29) is 0 Å². The Kier molecular flexibility index (Phi) is 6.33. The summed E-state index contributed by atoms with van der Waals surface area (Å²) in [4.78, 5) is 18.0. The lowest BCUT2D eigenvalue weighted by molar-refractivity contribution is -0.114. The van der Waals surface area contributed by atoms with Gasteiger partial charge in [-0.15, -0.1) is 0 Å². The van der Waals surface area contributed by atoms with Crippen LogP contribution in [0.4, 0.5) is 0 Å². The number of nitrogens with one attached hydrogen (secondary N) is 1. The molecule has 0 saturated carbocycles. The van der Waals surface area contributed by atoms with Gasteiger partial charge in [-0.3, -0.25) is 14.7 Å². The third kappa shape index (κ3) is 5.72. The van der Waals surface area contributed by atoms with Crippen LogP contribution < -0.4 is 4.72 Å². The molecule has 3 rings (SSSR count). The molecule has 1 aliphatic rings. The molecule has 142 valence electrons. The van der Waals surface area contributed by atoms with Gasteiger partial charge in [-0.1, -0.05) is 30.3 Å². The number of aromatic nitrogens is 1. The Labute approximate surface area is 159 Å². The van der Waals surface area contributed by atoms with E-state index in [1.165, 1.54) is 15.9 Å². The van der Waals surface area contributed by atoms with E-state index in [1.54, 1.807) is 30.6 Å². The van der Waals surface area contributed by atoms with E-state index in [0.717, 1.165) is 12.1 Å². The Morgan fingerprint density at radius 3 is 2.37 bits per heavy atom. The van der Waals surface area contributed by atoms with Crippen molar-refractivity contribution < 1.29 is 13.2 Å². The second-order valence-corrected chi connectivity index (χ2v) is 7.92. The molecule has 2 aromatic rings. The average molecular weight is 386 g/mol. The molecular formula is C19H22N4O3S. The Morgan fingerprint density at radius 2 is 1.70 bits per heavy atom. The normalized spacial score (nSPS) is 16.4. The lowest BCUT2D eigenvalue weighted by Crippen LogP contribution is -2.52. The van der Waals surface area contributed by atoms with Crippen LogP contribution in [0.15, 0.2) is 60.9 Å². The first-order chi connectivity index (χ1) is 13.0. The van der Waals surface area contributed by atoms with Crippen molar-refractivity contribution in [2.45, 2.75) is 6.54 Å². The highest BCUT2D eigenvalue weighted by molar-refractivity contribution is 7.87. The lowest BCUT2D eigenvalue weighted by Gasteiger charge is -2.33. The Bertz CT molecular complexity index is 878. The monoisotopic (exact) mass is 386 g/mol. The Morgan fingerprint density at radius 1 is 1.04 bits per heavy atom. The Hall–Kier alpha value is -2.55. The summed E-state index contributed by atoms with van der Waals surface area (Å²) in [6.07, 6.45) is 5.95. The first-order valence-corrected chi connectivity index (χ1v) is 10.1. The van der Waals surface area contributed by atoms with Crippen molar-refractivity contribution in [1.29, 1.82) is 0 Å². The van der Waals surface area contributed by atoms with Crippen molar-refractivity contribution >= 4 is 22.2 Å². The fourth-order valence-electron chi connectivity index (χ4n) is 2.84. The molecule has 1 aliphatic heterocycles. The van der Waals surface area contributed by atoms with Gasteiger partial charge in [0.2, 0.25) is 0 Å². The third-order valence-electron chi connectivity index (χ3n) is 4.28. The zero-order chi connectivity index (χ0) is 19.1. The summed E-state index contributed by atoms with van der Waals surface area (Å²) in [5, 5.41) is 0. The third-order valence-corrected chi connectivity index (χ3v) is 5.79. The quantitative estimate of drug-likeness (QED) is 0.756. The van der Waals surface area contributed by atoms with Gasteiger partial charge in [0.05, 0.1) is 0 Å². The van der Waals surface area contributed by atoms with E-state index in [0.29, 0.717) is 26.2 Å². The van der Waals surface area contributed by atoms with Crippen LogP contribution in [-0.2, 0) is 21.5 Å². The number of nitrogens with zero attached hydrogens (tertiary/aromatic N) is 3. The van der Waals surface area contributed by atoms with Crippen molar-refractivity contribution in [3.05, 3.63) is 72.1 Å². The summed E-state index contributed by atoms with van der Waals surface area (Å²) in [6, 6.07) is 13.5. The highest BCUT2D eigenvalue weighted by atomic mass is 32.2. The molecule has 0 bridgehead atoms. The van der Waals surface area contributed by atoms with Crippen LogP contribution in [0.1, 0.15) is 11.1 Å². The van der Waals surface area contributed by atoms with Crippen molar-refractivity contribution in [1.82, 2.24) is 18.9 Å². The zero-order valence-corrected chi connectivity index (χ0v) is 15.7. The maximum Gasteiger partial charge on any atom is 0.304 e. The van der Waals surface area contributed by atoms with Crippen LogP contribution in [0.25, 0.3) is 6.08 Å². The number of carbonyl (C=O) groups excluding carboxylic acids is 1. The molecule has 2 heterocycles. The van der Waals surface area contributed by atoms with Crippen molar-refractivity contribution in [2.24, 2.45) is 0 Å². The molecule has 27 heavy (non-hydrogen) atoms. The minimum atomic E-state index is -3.84. The number of carbonyl (C=O) groups is 1. The van der Waals surface area contributed by atoms with Gasteiger partial charge >= 0.3 is 10.2 Å². The molecule has 0 unspecified atom stereocenters. The van der Waals surface area contributed by atoms with E-state index in [2.05, 4.69) is 26.7 Å². The fraction of sp³-hybridized carbons (Fsp3) is 0.263. The van der Waals surface area contributed by atoms with Gasteiger partial charge in [-0.05, 0) is 29.3 Å². The van der Waals surface area contributed by atoms with Crippen LogP contribution >= 0.6 is 0 Å². The van der Waals surface area contributed by atoms with Crippen LogP contribution in [0, 0.1) is 0 Å². The molecule has 1 aromatic carbocycles. The fourth-order valence-corrected chi connectivity index (χ4v) is 3.94. The Balaban J connectivity index is 1.50. The number of hydrogen-bond acceptors (Lipinski definition) is 5. The molecule has 1 amide bonds. The molecule has 0 radical (unpaired) electrons. The zero-order valence-electron chi connectivity index (χ0n) is 14.9. The largest absolute Gasteiger partial charge is 0.304 e. The first kappa shape index (κ1) is 19.2. The average Bonchev–Trinajstić information content (AvgIpc) is 2.68. The van der Waals surface area contributed by atoms with Crippen LogP contribution in [0.3, 0.4) is 0 Å². The van der Waals surface area contributed by atoms with E-state index in [4.69, 9.17) is 0 Å². The maximum absolute atomic E-state index is 12.4. The number of piperazine rings is 1. The van der Waals surface area contributed by atoms with Crippen molar-refractivity contribution in [3.63, 3.8) is 0 Å². The molecule has 0 atom stereocenters. The minimum absolute atomic E-state index is 0.351. The number of amides is 1. The molecule has 0 aliphatic carbocycles. The SMILES string of the molecule is O=C(C=Cc1ccncc1)NS(=O)(=O)N1CCN(Cc2ccccc2)CC1. The summed E-state index contributed by atoms with van der Waals surface area (Å²) >= 11 is 0. The standard InChI is InChI=1S/C19H22N4O3S/c24-19(7-6-17-8-10-20-11-9-17)21-27(25,26)23-14-12-22(13-15-23)16-18-4-2-1-3-5-18/h1-11H,12-16H2,(H,21,24). The van der Waals surface area contributed by atoms with Crippen molar-refractivity contribution in [2.75, 3.05) is 26.2 Å². The summed E-state index contributed by atoms with van der Waals surface area (Å²) in [6.45, 7) is 2.73. The summed E-state index contributed by atoms with van der Waals surface area (Å²) in [7, 11) is -3.84. The molecule has 8 heteroatoms. The van der Waals surface area contributed by atoms with Gasteiger partial charge in [0.1, 0.15) is 0 Å². The van der Waals surface area contributed by atoms with Gasteiger partial charge in [-0.2, -0.15) is 12.7 Å². The second kappa shape index (κ2) is 8.90. The van der Waals surface area contributed by atoms with Gasteiger partial charge in [0.25, 0.3) is 5.91 Å². The number of benzene rings is 1. The molecule has 1 aromatic heterocycles. The molecule has 1 N–H and O–H groups in total. The predicted molar refractivity (Wildman–Crippen MR) is 104 cm³/mol. The van der Waals surface area contributed by atoms with Gasteiger partial charge in [-0.25, -0.2) is 4.72 Å². The minimum Gasteiger partial charge on any atom is -0.296 e. The van der Waals surface area contributed by atoms with Crippen molar-refractivity contribution in [3.8, 4) is 0 Å². The predicted octanol–water partition coefficient (Wildman–Crippen LogP) is 1.27. The molecule has 1 saturated heterocycles. The van der Waals surface area contributed by atoms with E-state index < -0.39 is 16.1 Å². The van der Waals surface area contributed by atoms with Gasteiger partial charge in [0.15, 0.2) is 0 Å². The topological polar surface area (TPSA) is 82.6 Å². The van der Waals surface area contributed by atoms with Gasteiger partial charge < -0.3 is 0 Å².